The molecule has 1 aromatic rings. The van der Waals surface area contributed by atoms with E-state index in [1.165, 1.54) is 0 Å². The van der Waals surface area contributed by atoms with E-state index >= 15 is 0 Å². The molecule has 2 heterocycles. The molecular formula is C15H18N2O3. The van der Waals surface area contributed by atoms with Crippen LogP contribution in [0.2, 0.25) is 0 Å². The van der Waals surface area contributed by atoms with Crippen LogP contribution in [0.1, 0.15) is 12.5 Å². The van der Waals surface area contributed by atoms with E-state index in [1.54, 1.807) is 6.08 Å². The van der Waals surface area contributed by atoms with E-state index in [0.29, 0.717) is 0 Å². The Bertz CT molecular complexity index is 542. The number of nitrogens with zero attached hydrogens (tertiary/aromatic N) is 1. The van der Waals surface area contributed by atoms with Crippen LogP contribution < -0.4 is 14.8 Å². The first kappa shape index (κ1) is 13.0. The largest absolute Gasteiger partial charge is 0.454 e. The van der Waals surface area contributed by atoms with E-state index < -0.39 is 0 Å². The van der Waals surface area contributed by atoms with Crippen molar-refractivity contribution < 1.29 is 14.3 Å². The van der Waals surface area contributed by atoms with Gasteiger partial charge in [0.05, 0.1) is 0 Å². The summed E-state index contributed by atoms with van der Waals surface area (Å²) in [5, 5.41) is 3.27. The number of carbonyl (C=O) groups is 1. The summed E-state index contributed by atoms with van der Waals surface area (Å²) in [5.41, 5.74) is 0.936. The standard InChI is InChI=1S/C15H18N2O3/c1-11-9-16-6-7-17(11)15(18)5-3-12-2-4-13-14(8-12)20-10-19-13/h2-5,8,11,16H,6-7,9-10H2,1H3/b5-3+/t11-/m1/s1. The van der Waals surface area contributed by atoms with Crippen molar-refractivity contribution in [1.82, 2.24) is 10.2 Å². The van der Waals surface area contributed by atoms with Gasteiger partial charge in [0.25, 0.3) is 0 Å². The van der Waals surface area contributed by atoms with Gasteiger partial charge < -0.3 is 19.7 Å². The zero-order valence-corrected chi connectivity index (χ0v) is 11.5. The van der Waals surface area contributed by atoms with Gasteiger partial charge in [-0.1, -0.05) is 6.07 Å². The number of amides is 1. The molecule has 0 saturated carbocycles. The highest BCUT2D eigenvalue weighted by Gasteiger charge is 2.21. The van der Waals surface area contributed by atoms with Crippen molar-refractivity contribution in [3.8, 4) is 11.5 Å². The van der Waals surface area contributed by atoms with E-state index in [-0.39, 0.29) is 18.7 Å². The number of hydrogen-bond donors (Lipinski definition) is 1. The molecule has 1 aromatic carbocycles. The Hall–Kier alpha value is -2.01. The highest BCUT2D eigenvalue weighted by molar-refractivity contribution is 5.92. The molecule has 1 N–H and O–H groups in total. The van der Waals surface area contributed by atoms with Crippen molar-refractivity contribution in [2.45, 2.75) is 13.0 Å². The van der Waals surface area contributed by atoms with E-state index in [0.717, 1.165) is 36.7 Å². The van der Waals surface area contributed by atoms with Crippen LogP contribution in [0, 0.1) is 0 Å². The molecular weight excluding hydrogens is 256 g/mol. The molecule has 3 rings (SSSR count). The number of fused-ring (bicyclic) bond motifs is 1. The van der Waals surface area contributed by atoms with Gasteiger partial charge in [-0.2, -0.15) is 0 Å². The van der Waals surface area contributed by atoms with Gasteiger partial charge in [0, 0.05) is 31.8 Å². The van der Waals surface area contributed by atoms with Crippen LogP contribution in [0.25, 0.3) is 6.08 Å². The Labute approximate surface area is 118 Å². The van der Waals surface area contributed by atoms with Crippen molar-refractivity contribution in [3.63, 3.8) is 0 Å². The number of carbonyl (C=O) groups excluding carboxylic acids is 1. The molecule has 0 spiro atoms. The van der Waals surface area contributed by atoms with Gasteiger partial charge in [0.1, 0.15) is 0 Å². The minimum atomic E-state index is 0.0525. The van der Waals surface area contributed by atoms with Gasteiger partial charge in [-0.05, 0) is 30.7 Å². The van der Waals surface area contributed by atoms with Crippen molar-refractivity contribution in [3.05, 3.63) is 29.8 Å². The third kappa shape index (κ3) is 2.63. The molecule has 106 valence electrons. The third-order valence-corrected chi connectivity index (χ3v) is 3.60. The van der Waals surface area contributed by atoms with Gasteiger partial charge in [-0.25, -0.2) is 0 Å². The van der Waals surface area contributed by atoms with Gasteiger partial charge in [-0.15, -0.1) is 0 Å². The minimum Gasteiger partial charge on any atom is -0.454 e. The minimum absolute atomic E-state index is 0.0525. The molecule has 5 nitrogen and oxygen atoms in total. The summed E-state index contributed by atoms with van der Waals surface area (Å²) in [6.45, 7) is 4.78. The van der Waals surface area contributed by atoms with E-state index in [4.69, 9.17) is 9.47 Å². The van der Waals surface area contributed by atoms with Crippen LogP contribution in [-0.2, 0) is 4.79 Å². The summed E-state index contributed by atoms with van der Waals surface area (Å²) in [7, 11) is 0. The number of rotatable bonds is 2. The number of benzene rings is 1. The van der Waals surface area contributed by atoms with Crippen LogP contribution >= 0.6 is 0 Å². The Morgan fingerprint density at radius 2 is 2.25 bits per heavy atom. The summed E-state index contributed by atoms with van der Waals surface area (Å²) in [6.07, 6.45) is 3.44. The summed E-state index contributed by atoms with van der Waals surface area (Å²) in [5.74, 6) is 1.54. The summed E-state index contributed by atoms with van der Waals surface area (Å²) in [4.78, 5) is 14.1. The lowest BCUT2D eigenvalue weighted by Crippen LogP contribution is -2.51. The molecule has 20 heavy (non-hydrogen) atoms. The molecule has 1 atom stereocenters. The monoisotopic (exact) mass is 274 g/mol. The summed E-state index contributed by atoms with van der Waals surface area (Å²) in [6, 6.07) is 5.89. The maximum Gasteiger partial charge on any atom is 0.246 e. The molecule has 1 amide bonds. The Kier molecular flexibility index (Phi) is 3.60. The molecule has 0 unspecified atom stereocenters. The normalized spacial score (nSPS) is 21.4. The van der Waals surface area contributed by atoms with E-state index in [2.05, 4.69) is 12.2 Å². The van der Waals surface area contributed by atoms with Gasteiger partial charge >= 0.3 is 0 Å². The van der Waals surface area contributed by atoms with Gasteiger partial charge in [-0.3, -0.25) is 4.79 Å². The number of hydrogen-bond acceptors (Lipinski definition) is 4. The predicted molar refractivity (Wildman–Crippen MR) is 75.6 cm³/mol. The first-order chi connectivity index (χ1) is 9.74. The maximum atomic E-state index is 12.2. The molecule has 0 aliphatic carbocycles. The quantitative estimate of drug-likeness (QED) is 0.825. The highest BCUT2D eigenvalue weighted by atomic mass is 16.7. The Morgan fingerprint density at radius 1 is 1.40 bits per heavy atom. The lowest BCUT2D eigenvalue weighted by Gasteiger charge is -2.33. The first-order valence-corrected chi connectivity index (χ1v) is 6.83. The van der Waals surface area contributed by atoms with Crippen LogP contribution in [-0.4, -0.2) is 43.3 Å². The lowest BCUT2D eigenvalue weighted by molar-refractivity contribution is -0.128. The Balaban J connectivity index is 1.68. The SMILES string of the molecule is C[C@@H]1CNCCN1C(=O)/C=C/c1ccc2c(c1)OCO2. The zero-order chi connectivity index (χ0) is 13.9. The topological polar surface area (TPSA) is 50.8 Å². The number of ether oxygens (including phenoxy) is 2. The second-order valence-electron chi connectivity index (χ2n) is 5.03. The van der Waals surface area contributed by atoms with Gasteiger partial charge in [0.15, 0.2) is 11.5 Å². The molecule has 1 fully saturated rings. The summed E-state index contributed by atoms with van der Waals surface area (Å²) >= 11 is 0. The average molecular weight is 274 g/mol. The fourth-order valence-electron chi connectivity index (χ4n) is 2.45. The molecule has 2 aliphatic rings. The van der Waals surface area contributed by atoms with Gasteiger partial charge in [0.2, 0.25) is 12.7 Å². The van der Waals surface area contributed by atoms with Crippen molar-refractivity contribution in [2.75, 3.05) is 26.4 Å². The van der Waals surface area contributed by atoms with Crippen molar-refractivity contribution in [2.24, 2.45) is 0 Å². The highest BCUT2D eigenvalue weighted by Crippen LogP contribution is 2.32. The summed E-state index contributed by atoms with van der Waals surface area (Å²) < 4.78 is 10.6. The van der Waals surface area contributed by atoms with Crippen LogP contribution in [0.15, 0.2) is 24.3 Å². The smallest absolute Gasteiger partial charge is 0.246 e. The predicted octanol–water partition coefficient (Wildman–Crippen LogP) is 1.25. The number of nitrogens with one attached hydrogen (secondary N) is 1. The second kappa shape index (κ2) is 5.54. The van der Waals surface area contributed by atoms with Crippen LogP contribution in [0.3, 0.4) is 0 Å². The zero-order valence-electron chi connectivity index (χ0n) is 11.5. The third-order valence-electron chi connectivity index (χ3n) is 3.60. The Morgan fingerprint density at radius 3 is 3.10 bits per heavy atom. The molecule has 0 radical (unpaired) electrons. The molecule has 2 aliphatic heterocycles. The second-order valence-corrected chi connectivity index (χ2v) is 5.03. The van der Waals surface area contributed by atoms with Crippen LogP contribution in [0.5, 0.6) is 11.5 Å². The molecule has 0 aromatic heterocycles. The number of piperazine rings is 1. The molecule has 5 heteroatoms. The lowest BCUT2D eigenvalue weighted by atomic mass is 10.1. The first-order valence-electron chi connectivity index (χ1n) is 6.83. The van der Waals surface area contributed by atoms with E-state index in [9.17, 15) is 4.79 Å². The molecule has 0 bridgehead atoms. The molecule has 1 saturated heterocycles. The van der Waals surface area contributed by atoms with Crippen molar-refractivity contribution in [1.29, 1.82) is 0 Å². The fraction of sp³-hybridized carbons (Fsp3) is 0.400. The average Bonchev–Trinajstić information content (AvgIpc) is 2.92. The maximum absolute atomic E-state index is 12.2. The van der Waals surface area contributed by atoms with Crippen molar-refractivity contribution >= 4 is 12.0 Å². The fourth-order valence-corrected chi connectivity index (χ4v) is 2.45. The van der Waals surface area contributed by atoms with E-state index in [1.807, 2.05) is 29.2 Å². The van der Waals surface area contributed by atoms with Crippen LogP contribution in [0.4, 0.5) is 0 Å².